The molecule has 0 aliphatic heterocycles. The number of nitrogens with one attached hydrogen (secondary N) is 1. The quantitative estimate of drug-likeness (QED) is 0.630. The standard InChI is InChI=1S/C19H19N3O2/c20-13-17-10-9-15(12-18(17)21)6-4-5-11-22-19(23)24-14-16-7-2-1-3-8-16/h1-4,6-10,12H,5,11,14,21H2,(H,22,23). The molecule has 0 aliphatic carbocycles. The fourth-order valence-electron chi connectivity index (χ4n) is 2.04. The summed E-state index contributed by atoms with van der Waals surface area (Å²) in [7, 11) is 0. The zero-order valence-corrected chi connectivity index (χ0v) is 13.2. The summed E-state index contributed by atoms with van der Waals surface area (Å²) in [4.78, 5) is 11.6. The van der Waals surface area contributed by atoms with E-state index in [0.29, 0.717) is 24.2 Å². The molecule has 0 fully saturated rings. The number of carbonyl (C=O) groups excluding carboxylic acids is 1. The molecule has 2 aromatic rings. The number of benzene rings is 2. The highest BCUT2D eigenvalue weighted by molar-refractivity contribution is 5.67. The average molecular weight is 321 g/mol. The lowest BCUT2D eigenvalue weighted by Crippen LogP contribution is -2.24. The predicted octanol–water partition coefficient (Wildman–Crippen LogP) is 3.47. The van der Waals surface area contributed by atoms with Crippen molar-refractivity contribution in [3.05, 3.63) is 71.3 Å². The van der Waals surface area contributed by atoms with Gasteiger partial charge in [0.05, 0.1) is 11.3 Å². The molecule has 5 heteroatoms. The maximum atomic E-state index is 11.6. The maximum absolute atomic E-state index is 11.6. The van der Waals surface area contributed by atoms with Crippen molar-refractivity contribution in [3.8, 4) is 6.07 Å². The number of nitriles is 1. The number of hydrogen-bond donors (Lipinski definition) is 2. The molecule has 0 unspecified atom stereocenters. The van der Waals surface area contributed by atoms with Crippen LogP contribution in [0, 0.1) is 11.3 Å². The van der Waals surface area contributed by atoms with Gasteiger partial charge in [0, 0.05) is 6.54 Å². The molecule has 0 aliphatic rings. The molecular formula is C19H19N3O2. The minimum Gasteiger partial charge on any atom is -0.445 e. The van der Waals surface area contributed by atoms with Crippen LogP contribution in [0.25, 0.3) is 6.08 Å². The van der Waals surface area contributed by atoms with E-state index in [1.165, 1.54) is 0 Å². The number of hydrogen-bond acceptors (Lipinski definition) is 4. The Balaban J connectivity index is 1.68. The van der Waals surface area contributed by atoms with E-state index in [2.05, 4.69) is 5.32 Å². The average Bonchev–Trinajstić information content (AvgIpc) is 2.61. The first kappa shape index (κ1) is 17.1. The van der Waals surface area contributed by atoms with Gasteiger partial charge in [-0.2, -0.15) is 5.26 Å². The molecule has 0 saturated heterocycles. The molecule has 0 saturated carbocycles. The van der Waals surface area contributed by atoms with Crippen LogP contribution in [-0.4, -0.2) is 12.6 Å². The second-order valence-electron chi connectivity index (χ2n) is 5.14. The Labute approximate surface area is 141 Å². The summed E-state index contributed by atoms with van der Waals surface area (Å²) in [5, 5.41) is 11.5. The second-order valence-corrected chi connectivity index (χ2v) is 5.14. The lowest BCUT2D eigenvalue weighted by molar-refractivity contribution is 0.140. The molecule has 122 valence electrons. The normalized spacial score (nSPS) is 10.3. The van der Waals surface area contributed by atoms with Crippen LogP contribution in [0.3, 0.4) is 0 Å². The third-order valence-corrected chi connectivity index (χ3v) is 3.30. The molecule has 24 heavy (non-hydrogen) atoms. The van der Waals surface area contributed by atoms with Crippen LogP contribution in [0.15, 0.2) is 54.6 Å². The molecule has 2 rings (SSSR count). The first-order valence-corrected chi connectivity index (χ1v) is 7.60. The van der Waals surface area contributed by atoms with Gasteiger partial charge in [-0.3, -0.25) is 0 Å². The van der Waals surface area contributed by atoms with Crippen molar-refractivity contribution in [2.75, 3.05) is 12.3 Å². The van der Waals surface area contributed by atoms with Crippen molar-refractivity contribution in [2.24, 2.45) is 0 Å². The largest absolute Gasteiger partial charge is 0.445 e. The fraction of sp³-hybridized carbons (Fsp3) is 0.158. The summed E-state index contributed by atoms with van der Waals surface area (Å²) in [6.45, 7) is 0.739. The van der Waals surface area contributed by atoms with Crippen molar-refractivity contribution in [3.63, 3.8) is 0 Å². The van der Waals surface area contributed by atoms with Crippen LogP contribution >= 0.6 is 0 Å². The lowest BCUT2D eigenvalue weighted by atomic mass is 10.1. The third-order valence-electron chi connectivity index (χ3n) is 3.30. The van der Waals surface area contributed by atoms with E-state index in [4.69, 9.17) is 15.7 Å². The van der Waals surface area contributed by atoms with Gasteiger partial charge in [-0.25, -0.2) is 4.79 Å². The van der Waals surface area contributed by atoms with Gasteiger partial charge in [0.1, 0.15) is 12.7 Å². The lowest BCUT2D eigenvalue weighted by Gasteiger charge is -2.05. The van der Waals surface area contributed by atoms with E-state index in [-0.39, 0.29) is 6.61 Å². The molecule has 1 amide bonds. The number of nitrogen functional groups attached to an aromatic ring is 1. The third kappa shape index (κ3) is 5.50. The van der Waals surface area contributed by atoms with Gasteiger partial charge in [-0.15, -0.1) is 0 Å². The summed E-state index contributed by atoms with van der Waals surface area (Å²) < 4.78 is 5.11. The van der Waals surface area contributed by atoms with Crippen LogP contribution in [0.2, 0.25) is 0 Å². The summed E-state index contributed by atoms with van der Waals surface area (Å²) in [6.07, 6.45) is 4.06. The molecule has 0 spiro atoms. The molecule has 0 heterocycles. The van der Waals surface area contributed by atoms with Crippen molar-refractivity contribution in [1.82, 2.24) is 5.32 Å². The Hall–Kier alpha value is -3.26. The van der Waals surface area contributed by atoms with Crippen molar-refractivity contribution in [2.45, 2.75) is 13.0 Å². The number of rotatable bonds is 6. The Morgan fingerprint density at radius 1 is 1.25 bits per heavy atom. The topological polar surface area (TPSA) is 88.1 Å². The maximum Gasteiger partial charge on any atom is 0.407 e. The first-order valence-electron chi connectivity index (χ1n) is 7.60. The minimum absolute atomic E-state index is 0.257. The Bertz CT molecular complexity index is 749. The highest BCUT2D eigenvalue weighted by Crippen LogP contribution is 2.14. The molecule has 0 atom stereocenters. The van der Waals surface area contributed by atoms with E-state index in [1.807, 2.05) is 54.6 Å². The summed E-state index contributed by atoms with van der Waals surface area (Å²) in [5.41, 5.74) is 8.55. The highest BCUT2D eigenvalue weighted by atomic mass is 16.5. The highest BCUT2D eigenvalue weighted by Gasteiger charge is 2.01. The van der Waals surface area contributed by atoms with Crippen LogP contribution in [0.1, 0.15) is 23.1 Å². The Morgan fingerprint density at radius 2 is 2.04 bits per heavy atom. The molecule has 3 N–H and O–H groups in total. The summed E-state index contributed by atoms with van der Waals surface area (Å²) in [5.74, 6) is 0. The number of nitrogens with two attached hydrogens (primary N) is 1. The summed E-state index contributed by atoms with van der Waals surface area (Å²) in [6, 6.07) is 16.8. The van der Waals surface area contributed by atoms with Gasteiger partial charge < -0.3 is 15.8 Å². The van der Waals surface area contributed by atoms with Crippen LogP contribution in [0.5, 0.6) is 0 Å². The number of amides is 1. The second kappa shape index (κ2) is 9.01. The van der Waals surface area contributed by atoms with Gasteiger partial charge >= 0.3 is 6.09 Å². The van der Waals surface area contributed by atoms with E-state index in [0.717, 1.165) is 11.1 Å². The number of nitrogens with zero attached hydrogens (tertiary/aromatic N) is 1. The van der Waals surface area contributed by atoms with Crippen LogP contribution < -0.4 is 11.1 Å². The SMILES string of the molecule is N#Cc1ccc(C=CCCNC(=O)OCc2ccccc2)cc1N. The predicted molar refractivity (Wildman–Crippen MR) is 93.9 cm³/mol. The fourth-order valence-corrected chi connectivity index (χ4v) is 2.04. The van der Waals surface area contributed by atoms with Gasteiger partial charge in [-0.1, -0.05) is 48.6 Å². The molecular weight excluding hydrogens is 302 g/mol. The molecule has 0 radical (unpaired) electrons. The monoisotopic (exact) mass is 321 g/mol. The molecule has 5 nitrogen and oxygen atoms in total. The van der Waals surface area contributed by atoms with Gasteiger partial charge in [0.25, 0.3) is 0 Å². The van der Waals surface area contributed by atoms with Gasteiger partial charge in [-0.05, 0) is 29.7 Å². The zero-order chi connectivity index (χ0) is 17.2. The van der Waals surface area contributed by atoms with Gasteiger partial charge in [0.15, 0.2) is 0 Å². The first-order chi connectivity index (χ1) is 11.7. The Morgan fingerprint density at radius 3 is 2.75 bits per heavy atom. The van der Waals surface area contributed by atoms with Crippen molar-refractivity contribution < 1.29 is 9.53 Å². The smallest absolute Gasteiger partial charge is 0.407 e. The van der Waals surface area contributed by atoms with Crippen LogP contribution in [-0.2, 0) is 11.3 Å². The van der Waals surface area contributed by atoms with Crippen molar-refractivity contribution >= 4 is 17.9 Å². The van der Waals surface area contributed by atoms with Gasteiger partial charge in [0.2, 0.25) is 0 Å². The summed E-state index contributed by atoms with van der Waals surface area (Å²) >= 11 is 0. The molecule has 0 bridgehead atoms. The number of ether oxygens (including phenoxy) is 1. The number of anilines is 1. The molecule has 0 aromatic heterocycles. The van der Waals surface area contributed by atoms with Crippen LogP contribution in [0.4, 0.5) is 10.5 Å². The van der Waals surface area contributed by atoms with Crippen molar-refractivity contribution in [1.29, 1.82) is 5.26 Å². The Kier molecular flexibility index (Phi) is 6.42. The van der Waals surface area contributed by atoms with E-state index in [1.54, 1.807) is 12.1 Å². The number of carbonyl (C=O) groups is 1. The van der Waals surface area contributed by atoms with E-state index >= 15 is 0 Å². The molecule has 2 aromatic carbocycles. The van der Waals surface area contributed by atoms with E-state index in [9.17, 15) is 4.79 Å². The van der Waals surface area contributed by atoms with E-state index < -0.39 is 6.09 Å². The minimum atomic E-state index is -0.435. The number of alkyl carbamates (subject to hydrolysis) is 1. The zero-order valence-electron chi connectivity index (χ0n) is 13.2.